The maximum Gasteiger partial charge on any atom is 0.250 e. The van der Waals surface area contributed by atoms with Crippen LogP contribution in [0.3, 0.4) is 0 Å². The number of halogens is 1. The minimum absolute atomic E-state index is 0.0260. The van der Waals surface area contributed by atoms with Gasteiger partial charge in [-0.15, -0.1) is 0 Å². The first-order chi connectivity index (χ1) is 13.3. The molecule has 148 valence electrons. The molecule has 3 aliphatic heterocycles. The van der Waals surface area contributed by atoms with Crippen molar-refractivity contribution in [1.29, 1.82) is 0 Å². The highest BCUT2D eigenvalue weighted by molar-refractivity contribution is 6.15. The molecular weight excluding hydrogens is 371 g/mol. The van der Waals surface area contributed by atoms with E-state index in [4.69, 9.17) is 10.5 Å². The van der Waals surface area contributed by atoms with Crippen LogP contribution in [-0.4, -0.2) is 54.8 Å². The van der Waals surface area contributed by atoms with E-state index < -0.39 is 52.9 Å². The second-order valence-corrected chi connectivity index (χ2v) is 7.20. The topological polar surface area (TPSA) is 131 Å². The van der Waals surface area contributed by atoms with Gasteiger partial charge in [-0.1, -0.05) is 0 Å². The van der Waals surface area contributed by atoms with Crippen LogP contribution in [0.5, 0.6) is 0 Å². The zero-order valence-electron chi connectivity index (χ0n) is 15.0. The van der Waals surface area contributed by atoms with Crippen molar-refractivity contribution in [2.45, 2.75) is 18.0 Å². The summed E-state index contributed by atoms with van der Waals surface area (Å²) in [6.45, 7) is 0.160. The lowest BCUT2D eigenvalue weighted by molar-refractivity contribution is -0.143. The molecule has 0 bridgehead atoms. The van der Waals surface area contributed by atoms with Gasteiger partial charge in [0.15, 0.2) is 0 Å². The molecule has 4 atom stereocenters. The van der Waals surface area contributed by atoms with Gasteiger partial charge in [-0.3, -0.25) is 29.4 Å². The lowest BCUT2D eigenvalue weighted by Crippen LogP contribution is -2.53. The Hall–Kier alpha value is -2.85. The molecule has 3 heterocycles. The number of amides is 4. The van der Waals surface area contributed by atoms with Crippen LogP contribution >= 0.6 is 0 Å². The van der Waals surface area contributed by atoms with Crippen LogP contribution in [0, 0.1) is 17.7 Å². The Morgan fingerprint density at radius 1 is 1.32 bits per heavy atom. The number of nitrogens with zero attached hydrogens (tertiary/aromatic N) is 1. The van der Waals surface area contributed by atoms with E-state index in [0.717, 1.165) is 4.90 Å². The number of primary amides is 1. The number of nitrogens with two attached hydrogens (primary N) is 1. The van der Waals surface area contributed by atoms with Crippen LogP contribution in [0.4, 0.5) is 10.1 Å². The number of nitrogens with one attached hydrogen (secondary N) is 2. The van der Waals surface area contributed by atoms with Gasteiger partial charge in [0.1, 0.15) is 11.4 Å². The fourth-order valence-corrected chi connectivity index (χ4v) is 4.63. The Labute approximate surface area is 159 Å². The van der Waals surface area contributed by atoms with Crippen LogP contribution in [0.1, 0.15) is 12.0 Å². The Kier molecular flexibility index (Phi) is 4.20. The Bertz CT molecular complexity index is 906. The molecule has 0 unspecified atom stereocenters. The minimum atomic E-state index is -1.64. The van der Waals surface area contributed by atoms with Crippen LogP contribution in [0.2, 0.25) is 0 Å². The molecule has 2 fully saturated rings. The van der Waals surface area contributed by atoms with E-state index in [1.807, 2.05) is 0 Å². The van der Waals surface area contributed by atoms with Crippen molar-refractivity contribution < 1.29 is 28.3 Å². The molecule has 28 heavy (non-hydrogen) atoms. The highest BCUT2D eigenvalue weighted by Gasteiger charge is 2.70. The largest absolute Gasteiger partial charge is 0.383 e. The van der Waals surface area contributed by atoms with Gasteiger partial charge < -0.3 is 15.8 Å². The highest BCUT2D eigenvalue weighted by atomic mass is 19.1. The van der Waals surface area contributed by atoms with Crippen molar-refractivity contribution in [2.24, 2.45) is 17.6 Å². The van der Waals surface area contributed by atoms with Crippen LogP contribution in [0.25, 0.3) is 0 Å². The Balaban J connectivity index is 1.85. The lowest BCUT2D eigenvalue weighted by Gasteiger charge is -2.29. The Morgan fingerprint density at radius 2 is 2.07 bits per heavy atom. The number of carbonyl (C=O) groups excluding carboxylic acids is 4. The molecule has 0 saturated carbocycles. The molecule has 1 aromatic carbocycles. The van der Waals surface area contributed by atoms with Crippen molar-refractivity contribution in [1.82, 2.24) is 10.2 Å². The van der Waals surface area contributed by atoms with Crippen molar-refractivity contribution >= 4 is 29.3 Å². The van der Waals surface area contributed by atoms with Gasteiger partial charge in [0, 0.05) is 30.8 Å². The molecule has 1 spiro atoms. The molecule has 10 heteroatoms. The molecule has 4 N–H and O–H groups in total. The van der Waals surface area contributed by atoms with Crippen LogP contribution < -0.4 is 16.4 Å². The van der Waals surface area contributed by atoms with E-state index in [0.29, 0.717) is 5.69 Å². The number of carbonyl (C=O) groups is 4. The summed E-state index contributed by atoms with van der Waals surface area (Å²) >= 11 is 0. The van der Waals surface area contributed by atoms with Crippen molar-refractivity contribution in [3.05, 3.63) is 29.6 Å². The normalized spacial score (nSPS) is 30.7. The number of rotatable bonds is 5. The van der Waals surface area contributed by atoms with Crippen LogP contribution in [-0.2, 0) is 29.5 Å². The molecule has 0 aromatic heterocycles. The van der Waals surface area contributed by atoms with Gasteiger partial charge in [0.2, 0.25) is 23.6 Å². The van der Waals surface area contributed by atoms with E-state index >= 15 is 0 Å². The van der Waals surface area contributed by atoms with Gasteiger partial charge in [-0.2, -0.15) is 0 Å². The Morgan fingerprint density at radius 3 is 2.75 bits per heavy atom. The summed E-state index contributed by atoms with van der Waals surface area (Å²) in [5.74, 6) is -4.95. The average Bonchev–Trinajstić information content (AvgIpc) is 3.19. The zero-order valence-corrected chi connectivity index (χ0v) is 15.0. The predicted octanol–water partition coefficient (Wildman–Crippen LogP) is -0.932. The number of hydrogen-bond acceptors (Lipinski definition) is 6. The van der Waals surface area contributed by atoms with Crippen molar-refractivity contribution in [3.8, 4) is 0 Å². The third-order valence-corrected chi connectivity index (χ3v) is 5.71. The van der Waals surface area contributed by atoms with E-state index in [2.05, 4.69) is 10.6 Å². The van der Waals surface area contributed by atoms with E-state index in [9.17, 15) is 23.6 Å². The van der Waals surface area contributed by atoms with Gasteiger partial charge in [-0.05, 0) is 18.2 Å². The summed E-state index contributed by atoms with van der Waals surface area (Å²) in [7, 11) is 1.44. The third-order valence-electron chi connectivity index (χ3n) is 5.71. The fourth-order valence-electron chi connectivity index (χ4n) is 4.63. The molecule has 0 aliphatic carbocycles. The maximum absolute atomic E-state index is 14.0. The maximum atomic E-state index is 14.0. The molecule has 2 saturated heterocycles. The molecule has 1 aromatic rings. The number of benzene rings is 1. The molecule has 0 radical (unpaired) electrons. The lowest BCUT2D eigenvalue weighted by atomic mass is 9.76. The number of methoxy groups -OCH3 is 1. The second kappa shape index (κ2) is 6.35. The number of anilines is 1. The van der Waals surface area contributed by atoms with Crippen molar-refractivity contribution in [2.75, 3.05) is 25.6 Å². The van der Waals surface area contributed by atoms with Gasteiger partial charge in [0.25, 0.3) is 0 Å². The first-order valence-electron chi connectivity index (χ1n) is 8.83. The summed E-state index contributed by atoms with van der Waals surface area (Å²) in [4.78, 5) is 51.7. The average molecular weight is 390 g/mol. The number of imide groups is 1. The predicted molar refractivity (Wildman–Crippen MR) is 93.0 cm³/mol. The zero-order chi connectivity index (χ0) is 20.2. The van der Waals surface area contributed by atoms with Gasteiger partial charge in [-0.25, -0.2) is 4.39 Å². The molecule has 4 rings (SSSR count). The van der Waals surface area contributed by atoms with E-state index in [-0.39, 0.29) is 25.1 Å². The highest BCUT2D eigenvalue weighted by Crippen LogP contribution is 2.53. The van der Waals surface area contributed by atoms with Gasteiger partial charge >= 0.3 is 0 Å². The number of likely N-dealkylation sites (tertiary alicyclic amines) is 1. The summed E-state index contributed by atoms with van der Waals surface area (Å²) in [5.41, 5.74) is 4.28. The quantitative estimate of drug-likeness (QED) is 0.557. The smallest absolute Gasteiger partial charge is 0.250 e. The van der Waals surface area contributed by atoms with Crippen LogP contribution in [0.15, 0.2) is 18.2 Å². The van der Waals surface area contributed by atoms with E-state index in [1.165, 1.54) is 25.3 Å². The molecular formula is C18H19FN4O5. The summed E-state index contributed by atoms with van der Waals surface area (Å²) in [6, 6.07) is 2.93. The number of fused-ring (bicyclic) bond motifs is 4. The molecule has 4 amide bonds. The fraction of sp³-hybridized carbons (Fsp3) is 0.444. The number of ether oxygens (including phenoxy) is 1. The summed E-state index contributed by atoms with van der Waals surface area (Å²) < 4.78 is 18.9. The molecule has 3 aliphatic rings. The van der Waals surface area contributed by atoms with Crippen molar-refractivity contribution in [3.63, 3.8) is 0 Å². The first kappa shape index (κ1) is 18.5. The summed E-state index contributed by atoms with van der Waals surface area (Å²) in [5, 5.41) is 5.64. The van der Waals surface area contributed by atoms with E-state index in [1.54, 1.807) is 0 Å². The monoisotopic (exact) mass is 390 g/mol. The third kappa shape index (κ3) is 2.38. The number of hydrogen-bond donors (Lipinski definition) is 3. The SMILES string of the molecule is COCCN1C(=O)[C@H]2[C@@H](C1=O)[C@]1(N[C@@H]2CC(N)=O)C(=O)Nc2ccc(F)cc21. The first-order valence-corrected chi connectivity index (χ1v) is 8.83. The minimum Gasteiger partial charge on any atom is -0.383 e. The summed E-state index contributed by atoms with van der Waals surface area (Å²) in [6.07, 6.45) is -0.238. The standard InChI is InChI=1S/C18H19FN4O5/c1-28-5-4-23-15(25)13-11(7-12(20)24)22-18(14(13)16(23)26)9-6-8(19)2-3-10(9)21-17(18)27/h2-3,6,11,13-14,22H,4-5,7H2,1H3,(H2,20,24)(H,21,27)/t11-,13-,14+,18+/m1/s1. The molecule has 9 nitrogen and oxygen atoms in total. The van der Waals surface area contributed by atoms with Gasteiger partial charge in [0.05, 0.1) is 25.0 Å². The second-order valence-electron chi connectivity index (χ2n) is 7.20.